The molecule has 0 spiro atoms. The smallest absolute Gasteiger partial charge is 0.454 e. The Morgan fingerprint density at radius 3 is 1.44 bits per heavy atom. The van der Waals surface area contributed by atoms with Crippen LogP contribution in [0.3, 0.4) is 0 Å². The van der Waals surface area contributed by atoms with Crippen LogP contribution in [0.1, 0.15) is 60.1 Å². The van der Waals surface area contributed by atoms with Crippen molar-refractivity contribution in [3.8, 4) is 11.1 Å². The molecular formula is C61H66O14. The first-order valence-electron chi connectivity index (χ1n) is 25.5. The Kier molecular flexibility index (Phi) is 18.2. The molecule has 2 heterocycles. The third kappa shape index (κ3) is 13.6. The Balaban J connectivity index is 1.08. The maximum Gasteiger partial charge on any atom is 0.508 e. The molecule has 0 unspecified atom stereocenters. The maximum absolute atomic E-state index is 14.4. The van der Waals surface area contributed by atoms with E-state index in [1.54, 1.807) is 20.8 Å². The molecule has 75 heavy (non-hydrogen) atoms. The van der Waals surface area contributed by atoms with Gasteiger partial charge < -0.3 is 57.2 Å². The summed E-state index contributed by atoms with van der Waals surface area (Å²) >= 11 is 0. The molecule has 2 fully saturated rings. The van der Waals surface area contributed by atoms with Gasteiger partial charge >= 0.3 is 12.1 Å². The van der Waals surface area contributed by atoms with Crippen LogP contribution in [0.25, 0.3) is 11.1 Å². The number of methoxy groups -OCH3 is 1. The predicted octanol–water partition coefficient (Wildman–Crippen LogP) is 9.73. The van der Waals surface area contributed by atoms with Gasteiger partial charge in [-0.3, -0.25) is 4.79 Å². The van der Waals surface area contributed by atoms with Gasteiger partial charge in [-0.25, -0.2) is 4.79 Å². The minimum atomic E-state index is -1.52. The molecule has 3 aliphatic rings. The van der Waals surface area contributed by atoms with Crippen molar-refractivity contribution in [3.05, 3.63) is 203 Å². The number of hydrogen-bond acceptors (Lipinski definition) is 14. The molecule has 0 radical (unpaired) electrons. The van der Waals surface area contributed by atoms with E-state index >= 15 is 0 Å². The molecular weight excluding hydrogens is 957 g/mol. The van der Waals surface area contributed by atoms with Crippen molar-refractivity contribution >= 4 is 12.1 Å². The van der Waals surface area contributed by atoms with Gasteiger partial charge in [0.15, 0.2) is 24.8 Å². The van der Waals surface area contributed by atoms with Crippen LogP contribution in [0.2, 0.25) is 0 Å². The van der Waals surface area contributed by atoms with Crippen LogP contribution in [0, 0.1) is 5.41 Å². The number of aliphatic hydroxyl groups excluding tert-OH is 1. The van der Waals surface area contributed by atoms with Crippen molar-refractivity contribution in [1.29, 1.82) is 0 Å². The molecule has 6 aromatic carbocycles. The van der Waals surface area contributed by atoms with E-state index in [-0.39, 0.29) is 52.2 Å². The standard InChI is InChI=1S/C61H66O14/c1-61(2,3)59(63)74-56-54(69-36-43-27-15-8-16-28-43)52(50(72-57(56)65-4)39-67-34-41-23-11-6-12-24-41)73-58-55(75-60(64)70-37-48-46-31-19-17-29-44(46)45-30-18-20-32-47(45)48)53(68-35-42-25-13-7-14-26-42)51(62)49(71-58)38-66-33-40-21-9-5-10-22-40/h5-32,48-58,62H,33-39H2,1-4H3/t49-,50-,51+,52-,53+,54+,55-,56-,57-,58+/m1/s1. The van der Waals surface area contributed by atoms with Crippen LogP contribution in [-0.4, -0.2) is 106 Å². The van der Waals surface area contributed by atoms with Gasteiger partial charge in [-0.05, 0) is 65.3 Å². The molecule has 0 amide bonds. The average Bonchev–Trinajstić information content (AvgIpc) is 3.78. The first kappa shape index (κ1) is 53.5. The summed E-state index contributed by atoms with van der Waals surface area (Å²) in [5.41, 5.74) is 6.66. The number of carbonyl (C=O) groups is 2. The van der Waals surface area contributed by atoms with Crippen molar-refractivity contribution in [2.45, 2.75) is 115 Å². The molecule has 10 atom stereocenters. The van der Waals surface area contributed by atoms with Crippen molar-refractivity contribution in [1.82, 2.24) is 0 Å². The topological polar surface area (TPSA) is 156 Å². The van der Waals surface area contributed by atoms with E-state index < -0.39 is 79.0 Å². The molecule has 9 rings (SSSR count). The third-order valence-electron chi connectivity index (χ3n) is 13.5. The summed E-state index contributed by atoms with van der Waals surface area (Å²) in [5, 5.41) is 12.4. The molecule has 14 nitrogen and oxygen atoms in total. The zero-order valence-corrected chi connectivity index (χ0v) is 42.7. The molecule has 394 valence electrons. The average molecular weight is 1020 g/mol. The highest BCUT2D eigenvalue weighted by molar-refractivity contribution is 5.79. The summed E-state index contributed by atoms with van der Waals surface area (Å²) in [5.74, 6) is -0.816. The van der Waals surface area contributed by atoms with E-state index in [1.165, 1.54) is 7.11 Å². The first-order valence-corrected chi connectivity index (χ1v) is 25.5. The zero-order chi connectivity index (χ0) is 52.2. The van der Waals surface area contributed by atoms with E-state index in [2.05, 4.69) is 12.1 Å². The minimum Gasteiger partial charge on any atom is -0.454 e. The molecule has 0 aromatic heterocycles. The van der Waals surface area contributed by atoms with Crippen molar-refractivity contribution in [2.24, 2.45) is 5.41 Å². The Hall–Kier alpha value is -6.30. The van der Waals surface area contributed by atoms with Gasteiger partial charge in [0, 0.05) is 13.0 Å². The van der Waals surface area contributed by atoms with Gasteiger partial charge in [-0.2, -0.15) is 0 Å². The monoisotopic (exact) mass is 1020 g/mol. The lowest BCUT2D eigenvalue weighted by atomic mass is 9.94. The number of aliphatic hydroxyl groups is 1. The summed E-state index contributed by atoms with van der Waals surface area (Å²) in [7, 11) is 1.46. The summed E-state index contributed by atoms with van der Waals surface area (Å²) in [6, 6.07) is 54.3. The molecule has 1 aliphatic carbocycles. The number of hydrogen-bond donors (Lipinski definition) is 1. The fraction of sp³-hybridized carbons (Fsp3) is 0.377. The van der Waals surface area contributed by atoms with Crippen LogP contribution < -0.4 is 0 Å². The van der Waals surface area contributed by atoms with Crippen molar-refractivity contribution in [3.63, 3.8) is 0 Å². The van der Waals surface area contributed by atoms with Gasteiger partial charge in [0.05, 0.1) is 45.1 Å². The maximum atomic E-state index is 14.4. The van der Waals surface area contributed by atoms with Gasteiger partial charge in [0.2, 0.25) is 0 Å². The van der Waals surface area contributed by atoms with E-state index in [9.17, 15) is 14.7 Å². The zero-order valence-electron chi connectivity index (χ0n) is 42.7. The highest BCUT2D eigenvalue weighted by Gasteiger charge is 2.56. The van der Waals surface area contributed by atoms with E-state index in [4.69, 9.17) is 52.1 Å². The van der Waals surface area contributed by atoms with Gasteiger partial charge in [0.25, 0.3) is 0 Å². The van der Waals surface area contributed by atoms with Crippen LogP contribution in [0.15, 0.2) is 170 Å². The number of benzene rings is 6. The summed E-state index contributed by atoms with van der Waals surface area (Å²) in [6.07, 6.45) is -13.5. The Morgan fingerprint density at radius 2 is 0.933 bits per heavy atom. The fourth-order valence-corrected chi connectivity index (χ4v) is 9.59. The molecule has 2 saturated heterocycles. The van der Waals surface area contributed by atoms with E-state index in [0.717, 1.165) is 44.5 Å². The molecule has 6 aromatic rings. The summed E-state index contributed by atoms with van der Waals surface area (Å²) in [6.45, 7) is 5.52. The molecule has 0 saturated carbocycles. The van der Waals surface area contributed by atoms with E-state index in [1.807, 2.05) is 158 Å². The second-order valence-corrected chi connectivity index (χ2v) is 19.9. The SMILES string of the molecule is CO[C@@H]1O[C@H](COCc2ccccc2)[C@@H](O[C@@H]2O[C@H](COCc3ccccc3)[C@H](O)[C@H](OCc3ccccc3)[C@H]2OC(=O)OCC2c3ccccc3-c3ccccc32)[C@H](OCc2ccccc2)[C@H]1OC(=O)C(C)(C)C. The second kappa shape index (κ2) is 25.5. The summed E-state index contributed by atoms with van der Waals surface area (Å²) < 4.78 is 71.3. The van der Waals surface area contributed by atoms with Crippen LogP contribution in [0.4, 0.5) is 4.79 Å². The highest BCUT2D eigenvalue weighted by atomic mass is 16.8. The Bertz CT molecular complexity index is 2670. The minimum absolute atomic E-state index is 0.0169. The lowest BCUT2D eigenvalue weighted by Crippen LogP contribution is -2.66. The Morgan fingerprint density at radius 1 is 0.493 bits per heavy atom. The van der Waals surface area contributed by atoms with Gasteiger partial charge in [-0.1, -0.05) is 170 Å². The largest absolute Gasteiger partial charge is 0.508 e. The third-order valence-corrected chi connectivity index (χ3v) is 13.5. The molecule has 1 N–H and O–H groups in total. The lowest BCUT2D eigenvalue weighted by molar-refractivity contribution is -0.366. The first-order chi connectivity index (χ1) is 36.5. The number of carbonyl (C=O) groups excluding carboxylic acids is 2. The van der Waals surface area contributed by atoms with Crippen molar-refractivity contribution in [2.75, 3.05) is 26.9 Å². The van der Waals surface area contributed by atoms with Crippen molar-refractivity contribution < 1.29 is 66.8 Å². The normalized spacial score (nSPS) is 24.4. The number of ether oxygens (including phenoxy) is 11. The summed E-state index contributed by atoms with van der Waals surface area (Å²) in [4.78, 5) is 28.3. The second-order valence-electron chi connectivity index (χ2n) is 19.9. The van der Waals surface area contributed by atoms with Crippen LogP contribution in [-0.2, 0) is 83.3 Å². The number of esters is 1. The number of fused-ring (bicyclic) bond motifs is 3. The van der Waals surface area contributed by atoms with Gasteiger partial charge in [-0.15, -0.1) is 0 Å². The fourth-order valence-electron chi connectivity index (χ4n) is 9.59. The number of rotatable bonds is 21. The highest BCUT2D eigenvalue weighted by Crippen LogP contribution is 2.45. The van der Waals surface area contributed by atoms with Crippen LogP contribution >= 0.6 is 0 Å². The Labute approximate surface area is 438 Å². The molecule has 0 bridgehead atoms. The predicted molar refractivity (Wildman–Crippen MR) is 277 cm³/mol. The lowest BCUT2D eigenvalue weighted by Gasteiger charge is -2.49. The quantitative estimate of drug-likeness (QED) is 0.0680. The van der Waals surface area contributed by atoms with Crippen LogP contribution in [0.5, 0.6) is 0 Å². The van der Waals surface area contributed by atoms with Gasteiger partial charge in [0.1, 0.15) is 43.2 Å². The molecule has 2 aliphatic heterocycles. The molecule has 14 heteroatoms. The van der Waals surface area contributed by atoms with E-state index in [0.29, 0.717) is 0 Å².